The molecule has 4 amide bonds. The molecule has 1 fully saturated rings. The van der Waals surface area contributed by atoms with Crippen LogP contribution in [-0.4, -0.2) is 71.1 Å². The normalized spacial score (nSPS) is 17.0. The van der Waals surface area contributed by atoms with Gasteiger partial charge >= 0.3 is 0 Å². The highest BCUT2D eigenvalue weighted by Crippen LogP contribution is 2.25. The van der Waals surface area contributed by atoms with Crippen molar-refractivity contribution in [2.75, 3.05) is 32.7 Å². The van der Waals surface area contributed by atoms with E-state index < -0.39 is 0 Å². The van der Waals surface area contributed by atoms with Gasteiger partial charge in [-0.15, -0.1) is 0 Å². The van der Waals surface area contributed by atoms with Gasteiger partial charge in [-0.1, -0.05) is 13.8 Å². The third kappa shape index (κ3) is 3.72. The Balaban J connectivity index is 1.74. The summed E-state index contributed by atoms with van der Waals surface area (Å²) in [6.07, 6.45) is 0.748. The van der Waals surface area contributed by atoms with Gasteiger partial charge in [0, 0.05) is 45.2 Å². The molecule has 0 saturated carbocycles. The number of amides is 4. The van der Waals surface area contributed by atoms with Crippen molar-refractivity contribution >= 4 is 23.6 Å². The van der Waals surface area contributed by atoms with E-state index >= 15 is 0 Å². The summed E-state index contributed by atoms with van der Waals surface area (Å²) in [5.41, 5.74) is 1.07. The Kier molecular flexibility index (Phi) is 5.30. The van der Waals surface area contributed by atoms with Gasteiger partial charge in [0.25, 0.3) is 17.7 Å². The summed E-state index contributed by atoms with van der Waals surface area (Å²) in [4.78, 5) is 53.9. The minimum Gasteiger partial charge on any atom is -0.339 e. The zero-order valence-corrected chi connectivity index (χ0v) is 16.0. The van der Waals surface area contributed by atoms with Crippen LogP contribution in [0.1, 0.15) is 58.3 Å². The van der Waals surface area contributed by atoms with E-state index in [2.05, 4.69) is 0 Å². The van der Waals surface area contributed by atoms with Crippen molar-refractivity contribution in [2.24, 2.45) is 5.92 Å². The number of nitrogens with zero attached hydrogens (tertiary/aromatic N) is 3. The quantitative estimate of drug-likeness (QED) is 0.754. The first-order valence-electron chi connectivity index (χ1n) is 9.34. The molecule has 144 valence electrons. The Bertz CT molecular complexity index is 794. The molecule has 0 radical (unpaired) electrons. The minimum atomic E-state index is -0.327. The molecule has 7 nitrogen and oxygen atoms in total. The van der Waals surface area contributed by atoms with Gasteiger partial charge in [-0.3, -0.25) is 24.1 Å². The SMILES string of the molecule is CC(=O)N1CCN(C(=O)c2ccc3c(c2)C(=O)N(CCC(C)C)C3=O)CC1. The molecule has 0 N–H and O–H groups in total. The fraction of sp³-hybridized carbons (Fsp3) is 0.500. The molecule has 3 rings (SSSR count). The largest absolute Gasteiger partial charge is 0.339 e. The van der Waals surface area contributed by atoms with E-state index in [1.807, 2.05) is 13.8 Å². The number of fused-ring (bicyclic) bond motifs is 1. The smallest absolute Gasteiger partial charge is 0.261 e. The Morgan fingerprint density at radius 1 is 0.963 bits per heavy atom. The number of carbonyl (C=O) groups is 4. The first kappa shape index (κ1) is 19.1. The molecule has 1 aromatic carbocycles. The zero-order chi connectivity index (χ0) is 19.7. The lowest BCUT2D eigenvalue weighted by Crippen LogP contribution is -2.50. The van der Waals surface area contributed by atoms with E-state index in [1.165, 1.54) is 17.9 Å². The molecule has 27 heavy (non-hydrogen) atoms. The maximum Gasteiger partial charge on any atom is 0.261 e. The van der Waals surface area contributed by atoms with Crippen LogP contribution in [0.3, 0.4) is 0 Å². The second-order valence-electron chi connectivity index (χ2n) is 7.50. The third-order valence-corrected chi connectivity index (χ3v) is 5.16. The molecular formula is C20H25N3O4. The molecule has 0 unspecified atom stereocenters. The number of carbonyl (C=O) groups excluding carboxylic acids is 4. The fourth-order valence-corrected chi connectivity index (χ4v) is 3.42. The molecule has 0 bridgehead atoms. The second-order valence-corrected chi connectivity index (χ2v) is 7.50. The van der Waals surface area contributed by atoms with Crippen LogP contribution in [0.25, 0.3) is 0 Å². The third-order valence-electron chi connectivity index (χ3n) is 5.16. The summed E-state index contributed by atoms with van der Waals surface area (Å²) < 4.78 is 0. The lowest BCUT2D eigenvalue weighted by atomic mass is 10.0. The van der Waals surface area contributed by atoms with Crippen molar-refractivity contribution in [2.45, 2.75) is 27.2 Å². The highest BCUT2D eigenvalue weighted by molar-refractivity contribution is 6.22. The molecule has 2 aliphatic heterocycles. The van der Waals surface area contributed by atoms with Crippen LogP contribution in [0.15, 0.2) is 18.2 Å². The van der Waals surface area contributed by atoms with Crippen molar-refractivity contribution in [3.63, 3.8) is 0 Å². The Hall–Kier alpha value is -2.70. The van der Waals surface area contributed by atoms with Crippen molar-refractivity contribution in [1.82, 2.24) is 14.7 Å². The summed E-state index contributed by atoms with van der Waals surface area (Å²) >= 11 is 0. The van der Waals surface area contributed by atoms with Crippen LogP contribution in [0.4, 0.5) is 0 Å². The van der Waals surface area contributed by atoms with Gasteiger partial charge in [0.1, 0.15) is 0 Å². The van der Waals surface area contributed by atoms with E-state index in [0.29, 0.717) is 55.3 Å². The predicted molar refractivity (Wildman–Crippen MR) is 99.4 cm³/mol. The molecule has 2 heterocycles. The molecule has 7 heteroatoms. The van der Waals surface area contributed by atoms with Gasteiger partial charge < -0.3 is 9.80 Å². The summed E-state index contributed by atoms with van der Waals surface area (Å²) in [7, 11) is 0. The number of hydrogen-bond acceptors (Lipinski definition) is 4. The van der Waals surface area contributed by atoms with Gasteiger partial charge in [-0.2, -0.15) is 0 Å². The van der Waals surface area contributed by atoms with E-state index in [4.69, 9.17) is 0 Å². The van der Waals surface area contributed by atoms with Crippen molar-refractivity contribution < 1.29 is 19.2 Å². The summed E-state index contributed by atoms with van der Waals surface area (Å²) in [5.74, 6) is -0.399. The van der Waals surface area contributed by atoms with Crippen LogP contribution < -0.4 is 0 Å². The summed E-state index contributed by atoms with van der Waals surface area (Å²) in [6.45, 7) is 7.93. The van der Waals surface area contributed by atoms with Crippen LogP contribution in [0, 0.1) is 5.92 Å². The number of benzene rings is 1. The van der Waals surface area contributed by atoms with Gasteiger partial charge in [-0.05, 0) is 30.5 Å². The van der Waals surface area contributed by atoms with Crippen LogP contribution in [-0.2, 0) is 4.79 Å². The Labute approximate surface area is 158 Å². The highest BCUT2D eigenvalue weighted by atomic mass is 16.2. The number of imide groups is 1. The lowest BCUT2D eigenvalue weighted by molar-refractivity contribution is -0.130. The van der Waals surface area contributed by atoms with E-state index in [0.717, 1.165) is 6.42 Å². The zero-order valence-electron chi connectivity index (χ0n) is 16.0. The van der Waals surface area contributed by atoms with E-state index in [1.54, 1.807) is 21.9 Å². The van der Waals surface area contributed by atoms with Crippen LogP contribution >= 0.6 is 0 Å². The molecule has 0 spiro atoms. The maximum atomic E-state index is 12.8. The number of rotatable bonds is 4. The molecule has 0 atom stereocenters. The van der Waals surface area contributed by atoms with Crippen molar-refractivity contribution in [3.8, 4) is 0 Å². The van der Waals surface area contributed by atoms with Crippen LogP contribution in [0.2, 0.25) is 0 Å². The second kappa shape index (κ2) is 7.50. The molecule has 0 aromatic heterocycles. The average molecular weight is 371 g/mol. The number of piperazine rings is 1. The molecule has 1 saturated heterocycles. The van der Waals surface area contributed by atoms with Gasteiger partial charge in [0.05, 0.1) is 11.1 Å². The number of hydrogen-bond donors (Lipinski definition) is 0. The Morgan fingerprint density at radius 3 is 2.15 bits per heavy atom. The molecular weight excluding hydrogens is 346 g/mol. The van der Waals surface area contributed by atoms with Crippen molar-refractivity contribution in [3.05, 3.63) is 34.9 Å². The van der Waals surface area contributed by atoms with E-state index in [9.17, 15) is 19.2 Å². The highest BCUT2D eigenvalue weighted by Gasteiger charge is 2.36. The molecule has 0 aliphatic carbocycles. The van der Waals surface area contributed by atoms with E-state index in [-0.39, 0.29) is 23.6 Å². The molecule has 2 aliphatic rings. The van der Waals surface area contributed by atoms with Crippen LogP contribution in [0.5, 0.6) is 0 Å². The monoisotopic (exact) mass is 371 g/mol. The van der Waals surface area contributed by atoms with Gasteiger partial charge in [0.15, 0.2) is 0 Å². The first-order valence-corrected chi connectivity index (χ1v) is 9.34. The first-order chi connectivity index (χ1) is 12.8. The lowest BCUT2D eigenvalue weighted by Gasteiger charge is -2.34. The van der Waals surface area contributed by atoms with Gasteiger partial charge in [-0.25, -0.2) is 0 Å². The van der Waals surface area contributed by atoms with Gasteiger partial charge in [0.2, 0.25) is 5.91 Å². The Morgan fingerprint density at radius 2 is 1.56 bits per heavy atom. The predicted octanol–water partition coefficient (Wildman–Crippen LogP) is 1.63. The fourth-order valence-electron chi connectivity index (χ4n) is 3.42. The summed E-state index contributed by atoms with van der Waals surface area (Å²) in [5, 5.41) is 0. The average Bonchev–Trinajstić information content (AvgIpc) is 2.89. The topological polar surface area (TPSA) is 78.0 Å². The van der Waals surface area contributed by atoms with Crippen molar-refractivity contribution in [1.29, 1.82) is 0 Å². The molecule has 1 aromatic rings. The summed E-state index contributed by atoms with van der Waals surface area (Å²) in [6, 6.07) is 4.71. The maximum absolute atomic E-state index is 12.8. The minimum absolute atomic E-state index is 0.00484. The standard InChI is InChI=1S/C20H25N3O4/c1-13(2)6-7-23-19(26)16-5-4-15(12-17(16)20(23)27)18(25)22-10-8-21(9-11-22)14(3)24/h4-5,12-13H,6-11H2,1-3H3.